The van der Waals surface area contributed by atoms with Gasteiger partial charge in [-0.25, -0.2) is 0 Å². The molecule has 3 aromatic rings. The Labute approximate surface area is 186 Å². The Morgan fingerprint density at radius 2 is 1.97 bits per heavy atom. The van der Waals surface area contributed by atoms with Crippen molar-refractivity contribution in [3.63, 3.8) is 0 Å². The first kappa shape index (κ1) is 22.2. The van der Waals surface area contributed by atoms with Gasteiger partial charge in [0.25, 0.3) is 0 Å². The maximum Gasteiger partial charge on any atom is 0.234 e. The Morgan fingerprint density at radius 1 is 1.17 bits per heavy atom. The number of aromatic nitrogens is 3. The molecule has 0 fully saturated rings. The summed E-state index contributed by atoms with van der Waals surface area (Å²) in [7, 11) is 0. The van der Waals surface area contributed by atoms with E-state index in [2.05, 4.69) is 28.5 Å². The second-order valence-electron chi connectivity index (χ2n) is 6.93. The minimum absolute atomic E-state index is 0.107. The third-order valence-electron chi connectivity index (χ3n) is 4.82. The fourth-order valence-corrected chi connectivity index (χ4v) is 4.00. The summed E-state index contributed by atoms with van der Waals surface area (Å²) in [6.45, 7) is 9.04. The zero-order chi connectivity index (χ0) is 21.7. The topological polar surface area (TPSA) is 69.0 Å². The maximum atomic E-state index is 12.4. The number of carbonyl (C=O) groups is 1. The van der Waals surface area contributed by atoms with Gasteiger partial charge >= 0.3 is 0 Å². The van der Waals surface area contributed by atoms with Gasteiger partial charge in [-0.1, -0.05) is 35.5 Å². The molecule has 3 rings (SSSR count). The molecule has 0 aliphatic heterocycles. The van der Waals surface area contributed by atoms with Crippen molar-refractivity contribution in [2.75, 3.05) is 11.1 Å². The lowest BCUT2D eigenvalue weighted by molar-refractivity contribution is -0.113. The molecule has 1 aromatic heterocycles. The molecule has 2 aromatic carbocycles. The first-order valence-corrected chi connectivity index (χ1v) is 11.0. The van der Waals surface area contributed by atoms with Crippen LogP contribution in [0.5, 0.6) is 5.75 Å². The first-order valence-electron chi connectivity index (χ1n) is 9.69. The summed E-state index contributed by atoms with van der Waals surface area (Å²) in [5.41, 5.74) is 3.97. The van der Waals surface area contributed by atoms with E-state index >= 15 is 0 Å². The fourth-order valence-electron chi connectivity index (χ4n) is 2.96. The van der Waals surface area contributed by atoms with Crippen LogP contribution < -0.4 is 10.1 Å². The summed E-state index contributed by atoms with van der Waals surface area (Å²) in [5.74, 6) is 1.70. The number of ether oxygens (including phenoxy) is 1. The van der Waals surface area contributed by atoms with Crippen LogP contribution in [0.15, 0.2) is 41.6 Å². The molecule has 6 nitrogen and oxygen atoms in total. The third-order valence-corrected chi connectivity index (χ3v) is 6.02. The summed E-state index contributed by atoms with van der Waals surface area (Å²) in [6, 6.07) is 11.4. The highest BCUT2D eigenvalue weighted by Crippen LogP contribution is 2.24. The maximum absolute atomic E-state index is 12.4. The van der Waals surface area contributed by atoms with Gasteiger partial charge in [0.2, 0.25) is 5.91 Å². The SMILES string of the molecule is CCn1c(COc2cccc(C)c2C)nnc1SCC(=O)Nc1ccc(Cl)cc1C. The molecule has 1 amide bonds. The van der Waals surface area contributed by atoms with Crippen molar-refractivity contribution >= 4 is 35.0 Å². The molecule has 0 radical (unpaired) electrons. The Hall–Kier alpha value is -2.51. The van der Waals surface area contributed by atoms with E-state index < -0.39 is 0 Å². The molecule has 0 spiro atoms. The van der Waals surface area contributed by atoms with Gasteiger partial charge in [-0.05, 0) is 68.7 Å². The van der Waals surface area contributed by atoms with Crippen LogP contribution >= 0.6 is 23.4 Å². The Morgan fingerprint density at radius 3 is 2.70 bits per heavy atom. The number of benzene rings is 2. The molecule has 158 valence electrons. The van der Waals surface area contributed by atoms with Crippen LogP contribution in [0.3, 0.4) is 0 Å². The van der Waals surface area contributed by atoms with Crippen LogP contribution in [0, 0.1) is 20.8 Å². The van der Waals surface area contributed by atoms with Crippen LogP contribution in [0.1, 0.15) is 29.4 Å². The van der Waals surface area contributed by atoms with E-state index in [-0.39, 0.29) is 11.7 Å². The molecule has 0 saturated heterocycles. The van der Waals surface area contributed by atoms with Gasteiger partial charge < -0.3 is 14.6 Å². The number of aryl methyl sites for hydroxylation is 2. The molecule has 30 heavy (non-hydrogen) atoms. The van der Waals surface area contributed by atoms with Gasteiger partial charge in [0.1, 0.15) is 12.4 Å². The zero-order valence-corrected chi connectivity index (χ0v) is 19.1. The summed E-state index contributed by atoms with van der Waals surface area (Å²) in [4.78, 5) is 12.4. The van der Waals surface area contributed by atoms with Crippen molar-refractivity contribution < 1.29 is 9.53 Å². The van der Waals surface area contributed by atoms with E-state index in [1.54, 1.807) is 12.1 Å². The zero-order valence-electron chi connectivity index (χ0n) is 17.5. The summed E-state index contributed by atoms with van der Waals surface area (Å²) >= 11 is 7.32. The molecule has 0 atom stereocenters. The second kappa shape index (κ2) is 10.00. The molecule has 0 saturated carbocycles. The average molecular weight is 445 g/mol. The highest BCUT2D eigenvalue weighted by atomic mass is 35.5. The first-order chi connectivity index (χ1) is 14.4. The third kappa shape index (κ3) is 5.34. The number of carbonyl (C=O) groups excluding carboxylic acids is 1. The van der Waals surface area contributed by atoms with Crippen molar-refractivity contribution in [2.24, 2.45) is 0 Å². The van der Waals surface area contributed by atoms with Crippen molar-refractivity contribution in [3.8, 4) is 5.75 Å². The Bertz CT molecular complexity index is 1050. The molecular weight excluding hydrogens is 420 g/mol. The van der Waals surface area contributed by atoms with Gasteiger partial charge in [0, 0.05) is 17.3 Å². The molecule has 0 aliphatic carbocycles. The molecule has 1 heterocycles. The quantitative estimate of drug-likeness (QED) is 0.484. The molecule has 1 N–H and O–H groups in total. The summed E-state index contributed by atoms with van der Waals surface area (Å²) < 4.78 is 7.93. The van der Waals surface area contributed by atoms with E-state index in [4.69, 9.17) is 16.3 Å². The molecule has 0 aliphatic rings. The van der Waals surface area contributed by atoms with Crippen LogP contribution in [-0.2, 0) is 17.9 Å². The molecular formula is C22H25ClN4O2S. The van der Waals surface area contributed by atoms with Gasteiger partial charge in [0.15, 0.2) is 11.0 Å². The predicted molar refractivity (Wildman–Crippen MR) is 121 cm³/mol. The van der Waals surface area contributed by atoms with Crippen molar-refractivity contribution in [1.29, 1.82) is 0 Å². The largest absolute Gasteiger partial charge is 0.485 e. The minimum atomic E-state index is -0.107. The normalized spacial score (nSPS) is 10.8. The van der Waals surface area contributed by atoms with Crippen LogP contribution in [0.2, 0.25) is 5.02 Å². The Kier molecular flexibility index (Phi) is 7.39. The minimum Gasteiger partial charge on any atom is -0.485 e. The lowest BCUT2D eigenvalue weighted by atomic mass is 10.1. The van der Waals surface area contributed by atoms with Gasteiger partial charge in [-0.15, -0.1) is 10.2 Å². The molecule has 0 unspecified atom stereocenters. The summed E-state index contributed by atoms with van der Waals surface area (Å²) in [6.07, 6.45) is 0. The second-order valence-corrected chi connectivity index (χ2v) is 8.30. The monoisotopic (exact) mass is 444 g/mol. The lowest BCUT2D eigenvalue weighted by Crippen LogP contribution is -2.15. The number of hydrogen-bond donors (Lipinski definition) is 1. The van der Waals surface area contributed by atoms with E-state index in [0.29, 0.717) is 23.3 Å². The number of amides is 1. The van der Waals surface area contributed by atoms with E-state index in [0.717, 1.165) is 28.4 Å². The van der Waals surface area contributed by atoms with Crippen LogP contribution in [-0.4, -0.2) is 26.4 Å². The van der Waals surface area contributed by atoms with Gasteiger partial charge in [-0.2, -0.15) is 0 Å². The van der Waals surface area contributed by atoms with Crippen molar-refractivity contribution in [3.05, 3.63) is 63.9 Å². The highest BCUT2D eigenvalue weighted by molar-refractivity contribution is 7.99. The number of anilines is 1. The number of nitrogens with zero attached hydrogens (tertiary/aromatic N) is 3. The highest BCUT2D eigenvalue weighted by Gasteiger charge is 2.15. The van der Waals surface area contributed by atoms with Crippen LogP contribution in [0.25, 0.3) is 0 Å². The van der Waals surface area contributed by atoms with Crippen molar-refractivity contribution in [2.45, 2.75) is 46.0 Å². The standard InChI is InChI=1S/C22H25ClN4O2S/c1-5-27-20(12-29-19-8-6-7-14(2)16(19)4)25-26-22(27)30-13-21(28)24-18-10-9-17(23)11-15(18)3/h6-11H,5,12-13H2,1-4H3,(H,24,28). The van der Waals surface area contributed by atoms with Crippen LogP contribution in [0.4, 0.5) is 5.69 Å². The molecule has 8 heteroatoms. The smallest absolute Gasteiger partial charge is 0.234 e. The van der Waals surface area contributed by atoms with Gasteiger partial charge in [-0.3, -0.25) is 4.79 Å². The number of thioether (sulfide) groups is 1. The number of rotatable bonds is 8. The van der Waals surface area contributed by atoms with E-state index in [1.807, 2.05) is 43.5 Å². The number of halogens is 1. The average Bonchev–Trinajstić information content (AvgIpc) is 3.11. The predicted octanol–water partition coefficient (Wildman–Crippen LogP) is 5.19. The molecule has 0 bridgehead atoms. The fraction of sp³-hybridized carbons (Fsp3) is 0.318. The van der Waals surface area contributed by atoms with Gasteiger partial charge in [0.05, 0.1) is 5.75 Å². The van der Waals surface area contributed by atoms with E-state index in [1.165, 1.54) is 17.3 Å². The summed E-state index contributed by atoms with van der Waals surface area (Å²) in [5, 5.41) is 12.8. The van der Waals surface area contributed by atoms with E-state index in [9.17, 15) is 4.79 Å². The number of nitrogens with one attached hydrogen (secondary N) is 1. The lowest BCUT2D eigenvalue weighted by Gasteiger charge is -2.12. The van der Waals surface area contributed by atoms with Crippen molar-refractivity contribution in [1.82, 2.24) is 14.8 Å². The number of hydrogen-bond acceptors (Lipinski definition) is 5. The Balaban J connectivity index is 1.61.